The van der Waals surface area contributed by atoms with Crippen LogP contribution in [-0.4, -0.2) is 9.78 Å². The van der Waals surface area contributed by atoms with E-state index in [4.69, 9.17) is 0 Å². The van der Waals surface area contributed by atoms with Gasteiger partial charge in [0.15, 0.2) is 0 Å². The third-order valence-electron chi connectivity index (χ3n) is 1.74. The van der Waals surface area contributed by atoms with Crippen LogP contribution in [-0.2, 0) is 7.05 Å². The van der Waals surface area contributed by atoms with E-state index in [0.717, 1.165) is 14.6 Å². The van der Waals surface area contributed by atoms with Gasteiger partial charge in [0.25, 0.3) is 0 Å². The number of aryl methyl sites for hydroxylation is 1. The lowest BCUT2D eigenvalue weighted by molar-refractivity contribution is 0.777. The van der Waals surface area contributed by atoms with E-state index in [1.807, 2.05) is 17.8 Å². The predicted octanol–water partition coefficient (Wildman–Crippen LogP) is 3.67. The van der Waals surface area contributed by atoms with Crippen LogP contribution in [0.15, 0.2) is 26.6 Å². The molecule has 2 aromatic heterocycles. The van der Waals surface area contributed by atoms with Gasteiger partial charge in [0, 0.05) is 23.1 Å². The smallest absolute Gasteiger partial charge is 0.0790 e. The Labute approximate surface area is 96.8 Å². The highest BCUT2D eigenvalue weighted by Crippen LogP contribution is 2.39. The van der Waals surface area contributed by atoms with Crippen LogP contribution in [0.25, 0.3) is 10.6 Å². The molecule has 2 nitrogen and oxygen atoms in total. The van der Waals surface area contributed by atoms with Crippen molar-refractivity contribution in [3.05, 3.63) is 26.6 Å². The van der Waals surface area contributed by atoms with Crippen molar-refractivity contribution in [3.63, 3.8) is 0 Å². The van der Waals surface area contributed by atoms with E-state index in [0.29, 0.717) is 0 Å². The summed E-state index contributed by atoms with van der Waals surface area (Å²) in [4.78, 5) is 1.20. The zero-order valence-corrected chi connectivity index (χ0v) is 10.8. The van der Waals surface area contributed by atoms with Crippen LogP contribution in [0.5, 0.6) is 0 Å². The van der Waals surface area contributed by atoms with E-state index < -0.39 is 0 Å². The van der Waals surface area contributed by atoms with E-state index in [1.54, 1.807) is 17.5 Å². The topological polar surface area (TPSA) is 17.8 Å². The second-order valence-corrected chi connectivity index (χ2v) is 5.09. The zero-order valence-electron chi connectivity index (χ0n) is 6.79. The van der Waals surface area contributed by atoms with Crippen LogP contribution < -0.4 is 0 Å². The Morgan fingerprint density at radius 2 is 2.23 bits per heavy atom. The van der Waals surface area contributed by atoms with Gasteiger partial charge in [0.05, 0.1) is 15.0 Å². The van der Waals surface area contributed by atoms with E-state index in [-0.39, 0.29) is 0 Å². The molecule has 0 fully saturated rings. The van der Waals surface area contributed by atoms with Crippen LogP contribution in [0.4, 0.5) is 0 Å². The Kier molecular flexibility index (Phi) is 2.58. The molecule has 0 atom stereocenters. The summed E-state index contributed by atoms with van der Waals surface area (Å²) >= 11 is 8.68. The van der Waals surface area contributed by atoms with Crippen LogP contribution in [0.1, 0.15) is 0 Å². The lowest BCUT2D eigenvalue weighted by Gasteiger charge is -1.98. The van der Waals surface area contributed by atoms with Crippen molar-refractivity contribution in [2.24, 2.45) is 7.05 Å². The molecule has 13 heavy (non-hydrogen) atoms. The molecule has 0 bridgehead atoms. The fourth-order valence-electron chi connectivity index (χ4n) is 1.09. The number of nitrogens with zero attached hydrogens (tertiary/aromatic N) is 2. The lowest BCUT2D eigenvalue weighted by Crippen LogP contribution is -1.91. The fraction of sp³-hybridized carbons (Fsp3) is 0.125. The summed E-state index contributed by atoms with van der Waals surface area (Å²) in [6.45, 7) is 0. The van der Waals surface area contributed by atoms with Crippen molar-refractivity contribution in [3.8, 4) is 10.6 Å². The van der Waals surface area contributed by atoms with E-state index >= 15 is 0 Å². The summed E-state index contributed by atoms with van der Waals surface area (Å²) in [6, 6.07) is 2.00. The number of hydrogen-bond acceptors (Lipinski definition) is 2. The third kappa shape index (κ3) is 1.60. The Hall–Kier alpha value is -0.130. The molecule has 0 amide bonds. The lowest BCUT2D eigenvalue weighted by atomic mass is 10.3. The minimum atomic E-state index is 1.09. The minimum absolute atomic E-state index is 1.09. The molecule has 0 aromatic carbocycles. The van der Waals surface area contributed by atoms with E-state index in [1.165, 1.54) is 4.88 Å². The normalized spacial score (nSPS) is 10.7. The molecule has 2 heterocycles. The third-order valence-corrected chi connectivity index (χ3v) is 5.29. The predicted molar refractivity (Wildman–Crippen MR) is 61.9 cm³/mol. The largest absolute Gasteiger partial charge is 0.267 e. The van der Waals surface area contributed by atoms with E-state index in [2.05, 4.69) is 42.3 Å². The summed E-state index contributed by atoms with van der Waals surface area (Å²) in [6.07, 6.45) is 1.80. The standard InChI is InChI=1S/C8H6Br2N2S/c1-12-6(2-3-11-12)8-7(10)5(9)4-13-8/h2-4H,1H3. The molecule has 68 valence electrons. The van der Waals surface area contributed by atoms with Gasteiger partial charge in [-0.2, -0.15) is 5.10 Å². The van der Waals surface area contributed by atoms with Crippen molar-refractivity contribution in [1.82, 2.24) is 9.78 Å². The molecule has 0 aliphatic heterocycles. The second-order valence-electron chi connectivity index (χ2n) is 2.57. The first-order valence-electron chi connectivity index (χ1n) is 3.61. The van der Waals surface area contributed by atoms with Crippen LogP contribution in [0, 0.1) is 0 Å². The maximum atomic E-state index is 4.13. The van der Waals surface area contributed by atoms with Gasteiger partial charge >= 0.3 is 0 Å². The number of aromatic nitrogens is 2. The highest BCUT2D eigenvalue weighted by Gasteiger charge is 2.11. The van der Waals surface area contributed by atoms with Crippen molar-refractivity contribution >= 4 is 43.2 Å². The second kappa shape index (κ2) is 3.55. The molecule has 5 heteroatoms. The van der Waals surface area contributed by atoms with Gasteiger partial charge < -0.3 is 0 Å². The van der Waals surface area contributed by atoms with Crippen molar-refractivity contribution in [2.75, 3.05) is 0 Å². The SMILES string of the molecule is Cn1nccc1-c1scc(Br)c1Br. The van der Waals surface area contributed by atoms with Gasteiger partial charge in [-0.15, -0.1) is 11.3 Å². The van der Waals surface area contributed by atoms with Crippen molar-refractivity contribution in [2.45, 2.75) is 0 Å². The summed E-state index contributed by atoms with van der Waals surface area (Å²) in [5.74, 6) is 0. The van der Waals surface area contributed by atoms with Gasteiger partial charge in [0.1, 0.15) is 0 Å². The molecule has 0 N–H and O–H groups in total. The average molecular weight is 322 g/mol. The molecule has 0 unspecified atom stereocenters. The Balaban J connectivity index is 2.59. The first-order chi connectivity index (χ1) is 6.20. The monoisotopic (exact) mass is 320 g/mol. The molecule has 2 aromatic rings. The summed E-state index contributed by atoms with van der Waals surface area (Å²) in [7, 11) is 1.94. The maximum absolute atomic E-state index is 4.13. The molecule has 0 spiro atoms. The Morgan fingerprint density at radius 1 is 1.46 bits per heavy atom. The van der Waals surface area contributed by atoms with Gasteiger partial charge in [-0.1, -0.05) is 0 Å². The first kappa shape index (κ1) is 9.43. The van der Waals surface area contributed by atoms with Crippen molar-refractivity contribution < 1.29 is 0 Å². The molecule has 0 saturated carbocycles. The van der Waals surface area contributed by atoms with Gasteiger partial charge in [0.2, 0.25) is 0 Å². The molecule has 2 rings (SSSR count). The van der Waals surface area contributed by atoms with Crippen LogP contribution >= 0.6 is 43.2 Å². The van der Waals surface area contributed by atoms with Crippen LogP contribution in [0.3, 0.4) is 0 Å². The number of rotatable bonds is 1. The Morgan fingerprint density at radius 3 is 2.69 bits per heavy atom. The quantitative estimate of drug-likeness (QED) is 0.783. The number of halogens is 2. The molecular formula is C8H6Br2N2S. The average Bonchev–Trinajstić information content (AvgIpc) is 2.62. The van der Waals surface area contributed by atoms with Crippen LogP contribution in [0.2, 0.25) is 0 Å². The van der Waals surface area contributed by atoms with Gasteiger partial charge in [-0.3, -0.25) is 4.68 Å². The maximum Gasteiger partial charge on any atom is 0.0790 e. The fourth-order valence-corrected chi connectivity index (χ4v) is 3.32. The molecule has 0 aliphatic carbocycles. The summed E-state index contributed by atoms with van der Waals surface area (Å²) < 4.78 is 4.05. The minimum Gasteiger partial charge on any atom is -0.267 e. The number of thiophene rings is 1. The highest BCUT2D eigenvalue weighted by molar-refractivity contribution is 9.13. The van der Waals surface area contributed by atoms with Crippen molar-refractivity contribution in [1.29, 1.82) is 0 Å². The molecule has 0 saturated heterocycles. The van der Waals surface area contributed by atoms with Gasteiger partial charge in [-0.25, -0.2) is 0 Å². The van der Waals surface area contributed by atoms with Gasteiger partial charge in [-0.05, 0) is 37.9 Å². The first-order valence-corrected chi connectivity index (χ1v) is 6.07. The summed E-state index contributed by atoms with van der Waals surface area (Å²) in [5.41, 5.74) is 1.13. The zero-order chi connectivity index (χ0) is 9.42. The van der Waals surface area contributed by atoms with E-state index in [9.17, 15) is 0 Å². The number of hydrogen-bond donors (Lipinski definition) is 0. The Bertz CT molecular complexity index is 433. The summed E-state index contributed by atoms with van der Waals surface area (Å²) in [5, 5.41) is 6.19. The molecular weight excluding hydrogens is 316 g/mol. The highest BCUT2D eigenvalue weighted by atomic mass is 79.9. The molecule has 0 radical (unpaired) electrons. The molecule has 0 aliphatic rings.